The standard InChI is InChI=1S/C16H26O13/c1-6(19)25-4-9-10(21)12(23)13(26-7(2)20)15(27-9)29-16(5-18)14(24)11(22)8(3-17)28-16/h8-15,17-18,21-24H,3-5H2,1-2H3/t8-,9-,10-,11-,12+,13-,14+,15-,16+/m1/s1. The molecule has 0 bridgehead atoms. The molecule has 13 nitrogen and oxygen atoms in total. The van der Waals surface area contributed by atoms with Crippen LogP contribution in [0.3, 0.4) is 0 Å². The molecule has 2 rings (SSSR count). The number of carbonyl (C=O) groups excluding carboxylic acids is 2. The second-order valence-electron chi connectivity index (χ2n) is 6.76. The Bertz CT molecular complexity index is 583. The second kappa shape index (κ2) is 9.59. The minimum absolute atomic E-state index is 0.488. The van der Waals surface area contributed by atoms with E-state index in [2.05, 4.69) is 0 Å². The minimum Gasteiger partial charge on any atom is -0.463 e. The maximum atomic E-state index is 11.4. The molecule has 0 amide bonds. The Morgan fingerprint density at radius 1 is 0.966 bits per heavy atom. The molecule has 2 saturated heterocycles. The van der Waals surface area contributed by atoms with Crippen LogP contribution in [0.2, 0.25) is 0 Å². The van der Waals surface area contributed by atoms with Gasteiger partial charge >= 0.3 is 11.9 Å². The first kappa shape index (κ1) is 23.9. The maximum Gasteiger partial charge on any atom is 0.303 e. The molecule has 0 spiro atoms. The summed E-state index contributed by atoms with van der Waals surface area (Å²) in [7, 11) is 0. The fourth-order valence-electron chi connectivity index (χ4n) is 3.12. The monoisotopic (exact) mass is 426 g/mol. The van der Waals surface area contributed by atoms with Crippen LogP contribution in [0, 0.1) is 0 Å². The number of aliphatic hydroxyl groups is 6. The van der Waals surface area contributed by atoms with E-state index in [9.17, 15) is 40.2 Å². The van der Waals surface area contributed by atoms with E-state index >= 15 is 0 Å². The van der Waals surface area contributed by atoms with Crippen molar-refractivity contribution < 1.29 is 63.9 Å². The number of rotatable bonds is 7. The Labute approximate surface area is 165 Å². The van der Waals surface area contributed by atoms with E-state index in [1.54, 1.807) is 0 Å². The molecule has 13 heteroatoms. The van der Waals surface area contributed by atoms with Crippen LogP contribution in [0.15, 0.2) is 0 Å². The van der Waals surface area contributed by atoms with Gasteiger partial charge in [-0.25, -0.2) is 0 Å². The Kier molecular flexibility index (Phi) is 7.89. The summed E-state index contributed by atoms with van der Waals surface area (Å²) in [5.41, 5.74) is 0. The topological polar surface area (TPSA) is 202 Å². The number of hydrogen-bond acceptors (Lipinski definition) is 13. The number of hydrogen-bond donors (Lipinski definition) is 6. The zero-order valence-corrected chi connectivity index (χ0v) is 15.8. The van der Waals surface area contributed by atoms with Crippen LogP contribution >= 0.6 is 0 Å². The van der Waals surface area contributed by atoms with Gasteiger partial charge in [0.15, 0.2) is 6.10 Å². The predicted molar refractivity (Wildman–Crippen MR) is 87.7 cm³/mol. The summed E-state index contributed by atoms with van der Waals surface area (Å²) in [6.07, 6.45) is -12.8. The van der Waals surface area contributed by atoms with E-state index in [0.717, 1.165) is 13.8 Å². The van der Waals surface area contributed by atoms with Gasteiger partial charge in [-0.2, -0.15) is 0 Å². The maximum absolute atomic E-state index is 11.4. The molecule has 6 N–H and O–H groups in total. The summed E-state index contributed by atoms with van der Waals surface area (Å²) in [5, 5.41) is 59.7. The normalized spacial score (nSPS) is 42.5. The molecule has 0 radical (unpaired) electrons. The van der Waals surface area contributed by atoms with Gasteiger partial charge in [0.1, 0.15) is 49.8 Å². The Balaban J connectivity index is 2.28. The SMILES string of the molecule is CC(=O)OC[C@H]1O[C@H](O[C@]2(CO)O[C@H](CO)[C@@H](O)[C@@H]2O)[C@H](OC(C)=O)[C@@H](O)[C@@H]1O. The lowest BCUT2D eigenvalue weighted by atomic mass is 9.98. The van der Waals surface area contributed by atoms with Gasteiger partial charge in [0.05, 0.1) is 6.61 Å². The molecule has 0 aromatic carbocycles. The molecule has 168 valence electrons. The average Bonchev–Trinajstić information content (AvgIpc) is 2.91. The van der Waals surface area contributed by atoms with Crippen molar-refractivity contribution >= 4 is 11.9 Å². The lowest BCUT2D eigenvalue weighted by Crippen LogP contribution is -2.63. The second-order valence-corrected chi connectivity index (χ2v) is 6.76. The highest BCUT2D eigenvalue weighted by molar-refractivity contribution is 5.66. The number of esters is 2. The van der Waals surface area contributed by atoms with Gasteiger partial charge in [-0.1, -0.05) is 0 Å². The molecule has 29 heavy (non-hydrogen) atoms. The lowest BCUT2D eigenvalue weighted by Gasteiger charge is -2.44. The van der Waals surface area contributed by atoms with Gasteiger partial charge in [0.25, 0.3) is 0 Å². The van der Waals surface area contributed by atoms with Crippen LogP contribution < -0.4 is 0 Å². The summed E-state index contributed by atoms with van der Waals surface area (Å²) in [6, 6.07) is 0. The van der Waals surface area contributed by atoms with Gasteiger partial charge in [0.2, 0.25) is 12.1 Å². The van der Waals surface area contributed by atoms with Crippen LogP contribution in [0.25, 0.3) is 0 Å². The molecule has 2 aliphatic heterocycles. The Hall–Kier alpha value is -1.42. The van der Waals surface area contributed by atoms with Crippen LogP contribution in [-0.2, 0) is 33.3 Å². The van der Waals surface area contributed by atoms with E-state index in [1.165, 1.54) is 0 Å². The average molecular weight is 426 g/mol. The largest absolute Gasteiger partial charge is 0.463 e. The van der Waals surface area contributed by atoms with Crippen molar-refractivity contribution in [2.75, 3.05) is 19.8 Å². The predicted octanol–water partition coefficient (Wildman–Crippen LogP) is -4.25. The van der Waals surface area contributed by atoms with Crippen molar-refractivity contribution in [2.45, 2.75) is 68.7 Å². The van der Waals surface area contributed by atoms with Crippen molar-refractivity contribution in [2.24, 2.45) is 0 Å². The molecule has 0 aliphatic carbocycles. The molecule has 0 aromatic heterocycles. The Morgan fingerprint density at radius 2 is 1.62 bits per heavy atom. The van der Waals surface area contributed by atoms with E-state index in [1.807, 2.05) is 0 Å². The van der Waals surface area contributed by atoms with E-state index in [0.29, 0.717) is 0 Å². The summed E-state index contributed by atoms with van der Waals surface area (Å²) >= 11 is 0. The smallest absolute Gasteiger partial charge is 0.303 e. The molecular weight excluding hydrogens is 400 g/mol. The first-order valence-electron chi connectivity index (χ1n) is 8.82. The van der Waals surface area contributed by atoms with Crippen molar-refractivity contribution in [1.29, 1.82) is 0 Å². The van der Waals surface area contributed by atoms with Crippen LogP contribution in [0.4, 0.5) is 0 Å². The third-order valence-corrected chi connectivity index (χ3v) is 4.62. The third kappa shape index (κ3) is 5.02. The van der Waals surface area contributed by atoms with Crippen molar-refractivity contribution in [3.8, 4) is 0 Å². The zero-order valence-electron chi connectivity index (χ0n) is 15.8. The van der Waals surface area contributed by atoms with Gasteiger partial charge in [0, 0.05) is 13.8 Å². The van der Waals surface area contributed by atoms with Gasteiger partial charge in [-0.3, -0.25) is 9.59 Å². The molecule has 0 unspecified atom stereocenters. The van der Waals surface area contributed by atoms with Crippen LogP contribution in [0.5, 0.6) is 0 Å². The van der Waals surface area contributed by atoms with Crippen molar-refractivity contribution in [3.05, 3.63) is 0 Å². The quantitative estimate of drug-likeness (QED) is 0.214. The van der Waals surface area contributed by atoms with Gasteiger partial charge < -0.3 is 54.3 Å². The van der Waals surface area contributed by atoms with E-state index < -0.39 is 86.6 Å². The molecule has 0 saturated carbocycles. The number of aliphatic hydroxyl groups excluding tert-OH is 6. The van der Waals surface area contributed by atoms with Crippen LogP contribution in [0.1, 0.15) is 13.8 Å². The number of ether oxygens (including phenoxy) is 5. The summed E-state index contributed by atoms with van der Waals surface area (Å²) in [5.74, 6) is -3.86. The first-order valence-corrected chi connectivity index (χ1v) is 8.82. The van der Waals surface area contributed by atoms with Crippen LogP contribution in [-0.4, -0.2) is 117 Å². The lowest BCUT2D eigenvalue weighted by molar-refractivity contribution is -0.383. The molecule has 2 fully saturated rings. The van der Waals surface area contributed by atoms with E-state index in [-0.39, 0.29) is 0 Å². The summed E-state index contributed by atoms with van der Waals surface area (Å²) < 4.78 is 25.9. The number of carbonyl (C=O) groups is 2. The molecule has 0 aromatic rings. The molecule has 9 atom stereocenters. The minimum atomic E-state index is -2.30. The van der Waals surface area contributed by atoms with Crippen molar-refractivity contribution in [3.63, 3.8) is 0 Å². The molecule has 2 aliphatic rings. The zero-order chi connectivity index (χ0) is 21.9. The van der Waals surface area contributed by atoms with Crippen molar-refractivity contribution in [1.82, 2.24) is 0 Å². The fraction of sp³-hybridized carbons (Fsp3) is 0.875. The fourth-order valence-corrected chi connectivity index (χ4v) is 3.12. The third-order valence-electron chi connectivity index (χ3n) is 4.62. The highest BCUT2D eigenvalue weighted by Gasteiger charge is 2.59. The highest BCUT2D eigenvalue weighted by atomic mass is 16.8. The Morgan fingerprint density at radius 3 is 2.10 bits per heavy atom. The van der Waals surface area contributed by atoms with E-state index in [4.69, 9.17) is 23.7 Å². The summed E-state index contributed by atoms with van der Waals surface area (Å²) in [6.45, 7) is -0.0749. The molecular formula is C16H26O13. The highest BCUT2D eigenvalue weighted by Crippen LogP contribution is 2.36. The first-order chi connectivity index (χ1) is 13.6. The van der Waals surface area contributed by atoms with Gasteiger partial charge in [-0.15, -0.1) is 0 Å². The van der Waals surface area contributed by atoms with Gasteiger partial charge in [-0.05, 0) is 0 Å². The summed E-state index contributed by atoms with van der Waals surface area (Å²) in [4.78, 5) is 22.4. The molecule has 2 heterocycles.